The van der Waals surface area contributed by atoms with Gasteiger partial charge < -0.3 is 11.5 Å². The highest BCUT2D eigenvalue weighted by atomic mass is 32.2. The average Bonchev–Trinajstić information content (AvgIpc) is 2.92. The van der Waals surface area contributed by atoms with Crippen LogP contribution in [0.3, 0.4) is 0 Å². The summed E-state index contributed by atoms with van der Waals surface area (Å²) in [7, 11) is 0. The van der Waals surface area contributed by atoms with E-state index >= 15 is 0 Å². The molecule has 0 amide bonds. The normalized spacial score (nSPS) is 32.0. The molecule has 4 N–H and O–H groups in total. The van der Waals surface area contributed by atoms with Gasteiger partial charge in [0.15, 0.2) is 0 Å². The van der Waals surface area contributed by atoms with Crippen molar-refractivity contribution in [2.45, 2.75) is 10.00 Å². The van der Waals surface area contributed by atoms with Gasteiger partial charge in [-0.15, -0.1) is 11.8 Å². The predicted octanol–water partition coefficient (Wildman–Crippen LogP) is 1.99. The standard InChI is InChI=1S/C12H12N2S/c13-9-3-1-2-8(6-9)12-5-4-10(14)7-11(12)15-12/h1-7,11H,13-14H2. The molecule has 0 spiro atoms. The number of allylic oxidation sites excluding steroid dienone is 1. The van der Waals surface area contributed by atoms with Crippen molar-refractivity contribution in [3.63, 3.8) is 0 Å². The van der Waals surface area contributed by atoms with Gasteiger partial charge in [-0.1, -0.05) is 18.2 Å². The summed E-state index contributed by atoms with van der Waals surface area (Å²) in [6.07, 6.45) is 6.29. The summed E-state index contributed by atoms with van der Waals surface area (Å²) in [6, 6.07) is 8.10. The Hall–Kier alpha value is -1.35. The molecular formula is C12H12N2S. The molecule has 3 heteroatoms. The van der Waals surface area contributed by atoms with E-state index in [0.29, 0.717) is 5.25 Å². The van der Waals surface area contributed by atoms with Crippen LogP contribution in [0.25, 0.3) is 0 Å². The minimum atomic E-state index is 0.109. The fourth-order valence-electron chi connectivity index (χ4n) is 2.03. The molecule has 1 aromatic rings. The van der Waals surface area contributed by atoms with Gasteiger partial charge >= 0.3 is 0 Å². The van der Waals surface area contributed by atoms with Crippen LogP contribution in [0.1, 0.15) is 5.56 Å². The maximum absolute atomic E-state index is 5.80. The molecule has 1 aliphatic carbocycles. The second-order valence-electron chi connectivity index (χ2n) is 3.96. The topological polar surface area (TPSA) is 52.0 Å². The molecule has 1 fully saturated rings. The van der Waals surface area contributed by atoms with Gasteiger partial charge in [-0.05, 0) is 29.8 Å². The molecule has 1 aromatic carbocycles. The molecule has 0 saturated carbocycles. The number of rotatable bonds is 1. The second-order valence-corrected chi connectivity index (χ2v) is 5.38. The van der Waals surface area contributed by atoms with Crippen molar-refractivity contribution in [1.82, 2.24) is 0 Å². The van der Waals surface area contributed by atoms with Crippen molar-refractivity contribution < 1.29 is 0 Å². The average molecular weight is 216 g/mol. The molecule has 1 heterocycles. The molecule has 0 bridgehead atoms. The highest BCUT2D eigenvalue weighted by molar-refractivity contribution is 8.08. The predicted molar refractivity (Wildman–Crippen MR) is 65.3 cm³/mol. The van der Waals surface area contributed by atoms with E-state index in [0.717, 1.165) is 11.4 Å². The van der Waals surface area contributed by atoms with Gasteiger partial charge in [0, 0.05) is 16.6 Å². The van der Waals surface area contributed by atoms with E-state index in [9.17, 15) is 0 Å². The van der Waals surface area contributed by atoms with Crippen molar-refractivity contribution in [1.29, 1.82) is 0 Å². The first-order valence-corrected chi connectivity index (χ1v) is 5.79. The van der Waals surface area contributed by atoms with Crippen molar-refractivity contribution in [3.8, 4) is 0 Å². The highest BCUT2D eigenvalue weighted by Crippen LogP contribution is 2.64. The highest BCUT2D eigenvalue weighted by Gasteiger charge is 2.54. The number of hydrogen-bond acceptors (Lipinski definition) is 3. The molecule has 1 aliphatic heterocycles. The van der Waals surface area contributed by atoms with Gasteiger partial charge in [-0.25, -0.2) is 0 Å². The number of thioether (sulfide) groups is 1. The molecule has 2 aliphatic rings. The lowest BCUT2D eigenvalue weighted by Gasteiger charge is -2.13. The van der Waals surface area contributed by atoms with Crippen molar-refractivity contribution >= 4 is 17.4 Å². The maximum Gasteiger partial charge on any atom is 0.0753 e. The Labute approximate surface area is 93.0 Å². The molecule has 76 valence electrons. The summed E-state index contributed by atoms with van der Waals surface area (Å²) in [5.74, 6) is 0. The molecule has 0 radical (unpaired) electrons. The number of fused-ring (bicyclic) bond motifs is 1. The van der Waals surface area contributed by atoms with Crippen molar-refractivity contribution in [2.75, 3.05) is 5.73 Å². The number of nitrogens with two attached hydrogens (primary N) is 2. The molecular weight excluding hydrogens is 204 g/mol. The van der Waals surface area contributed by atoms with E-state index in [4.69, 9.17) is 11.5 Å². The Bertz CT molecular complexity index is 478. The Morgan fingerprint density at radius 1 is 1.27 bits per heavy atom. The first-order chi connectivity index (χ1) is 7.21. The molecule has 2 unspecified atom stereocenters. The van der Waals surface area contributed by atoms with Crippen molar-refractivity contribution in [2.24, 2.45) is 5.73 Å². The summed E-state index contributed by atoms with van der Waals surface area (Å²) < 4.78 is 0.109. The lowest BCUT2D eigenvalue weighted by atomic mass is 9.91. The summed E-state index contributed by atoms with van der Waals surface area (Å²) in [5.41, 5.74) is 14.5. The van der Waals surface area contributed by atoms with Gasteiger partial charge in [0.2, 0.25) is 0 Å². The van der Waals surface area contributed by atoms with E-state index in [1.165, 1.54) is 5.56 Å². The fraction of sp³-hybridized carbons (Fsp3) is 0.167. The van der Waals surface area contributed by atoms with E-state index in [1.807, 2.05) is 36.0 Å². The minimum absolute atomic E-state index is 0.109. The Kier molecular flexibility index (Phi) is 1.68. The Balaban J connectivity index is 2.02. The van der Waals surface area contributed by atoms with Crippen LogP contribution in [0.5, 0.6) is 0 Å². The molecule has 0 aromatic heterocycles. The summed E-state index contributed by atoms with van der Waals surface area (Å²) >= 11 is 1.91. The monoisotopic (exact) mass is 216 g/mol. The molecule has 15 heavy (non-hydrogen) atoms. The fourth-order valence-corrected chi connectivity index (χ4v) is 3.30. The molecule has 2 atom stereocenters. The molecule has 3 rings (SSSR count). The van der Waals surface area contributed by atoms with Crippen LogP contribution in [-0.4, -0.2) is 5.25 Å². The van der Waals surface area contributed by atoms with E-state index in [2.05, 4.69) is 18.2 Å². The van der Waals surface area contributed by atoms with Gasteiger partial charge in [-0.2, -0.15) is 0 Å². The summed E-state index contributed by atoms with van der Waals surface area (Å²) in [6.45, 7) is 0. The SMILES string of the molecule is NC1=CC2SC2(c2cccc(N)c2)C=C1. The summed E-state index contributed by atoms with van der Waals surface area (Å²) in [4.78, 5) is 0. The minimum Gasteiger partial charge on any atom is -0.399 e. The molecule has 1 saturated heterocycles. The largest absolute Gasteiger partial charge is 0.399 e. The third-order valence-corrected chi connectivity index (χ3v) is 4.42. The van der Waals surface area contributed by atoms with Gasteiger partial charge in [0.1, 0.15) is 0 Å². The number of hydrogen-bond donors (Lipinski definition) is 2. The number of nitrogen functional groups attached to an aromatic ring is 1. The maximum atomic E-state index is 5.80. The van der Waals surface area contributed by atoms with Crippen LogP contribution in [0.2, 0.25) is 0 Å². The van der Waals surface area contributed by atoms with Gasteiger partial charge in [-0.3, -0.25) is 0 Å². The number of benzene rings is 1. The van der Waals surface area contributed by atoms with Crippen LogP contribution < -0.4 is 11.5 Å². The van der Waals surface area contributed by atoms with Gasteiger partial charge in [0.25, 0.3) is 0 Å². The van der Waals surface area contributed by atoms with Crippen LogP contribution in [0, 0.1) is 0 Å². The zero-order valence-corrected chi connectivity index (χ0v) is 9.00. The van der Waals surface area contributed by atoms with E-state index in [1.54, 1.807) is 0 Å². The zero-order chi connectivity index (χ0) is 10.5. The first kappa shape index (κ1) is 8.92. The van der Waals surface area contributed by atoms with Crippen LogP contribution >= 0.6 is 11.8 Å². The van der Waals surface area contributed by atoms with E-state index in [-0.39, 0.29) is 4.75 Å². The third-order valence-electron chi connectivity index (χ3n) is 2.89. The molecule has 2 nitrogen and oxygen atoms in total. The lowest BCUT2D eigenvalue weighted by molar-refractivity contribution is 0.894. The Morgan fingerprint density at radius 3 is 2.87 bits per heavy atom. The van der Waals surface area contributed by atoms with Gasteiger partial charge in [0.05, 0.1) is 4.75 Å². The second kappa shape index (κ2) is 2.83. The Morgan fingerprint density at radius 2 is 2.13 bits per heavy atom. The smallest absolute Gasteiger partial charge is 0.0753 e. The summed E-state index contributed by atoms with van der Waals surface area (Å²) in [5, 5.41) is 0.490. The van der Waals surface area contributed by atoms with Crippen LogP contribution in [0.15, 0.2) is 48.2 Å². The van der Waals surface area contributed by atoms with E-state index < -0.39 is 0 Å². The third kappa shape index (κ3) is 1.27. The number of anilines is 1. The van der Waals surface area contributed by atoms with Crippen LogP contribution in [-0.2, 0) is 4.75 Å². The first-order valence-electron chi connectivity index (χ1n) is 4.91. The van der Waals surface area contributed by atoms with Crippen molar-refractivity contribution in [3.05, 3.63) is 53.8 Å². The lowest BCUT2D eigenvalue weighted by Crippen LogP contribution is -2.13. The quantitative estimate of drug-likeness (QED) is 0.557. The zero-order valence-electron chi connectivity index (χ0n) is 8.18. The van der Waals surface area contributed by atoms with Crippen LogP contribution in [0.4, 0.5) is 5.69 Å².